The van der Waals surface area contributed by atoms with Crippen LogP contribution in [-0.4, -0.2) is 38.1 Å². The average molecular weight is 464 g/mol. The summed E-state index contributed by atoms with van der Waals surface area (Å²) >= 11 is 1.23. The van der Waals surface area contributed by atoms with Gasteiger partial charge in [-0.15, -0.1) is 0 Å². The number of amides is 1. The molecular weight excluding hydrogens is 438 g/mol. The molecule has 0 aliphatic carbocycles. The van der Waals surface area contributed by atoms with Crippen LogP contribution >= 0.6 is 11.8 Å². The molecule has 1 amide bonds. The fourth-order valence-electron chi connectivity index (χ4n) is 3.31. The van der Waals surface area contributed by atoms with E-state index >= 15 is 0 Å². The van der Waals surface area contributed by atoms with E-state index in [9.17, 15) is 9.59 Å². The van der Waals surface area contributed by atoms with E-state index in [0.717, 1.165) is 22.6 Å². The van der Waals surface area contributed by atoms with E-state index < -0.39 is 0 Å². The second-order valence-electron chi connectivity index (χ2n) is 7.56. The minimum absolute atomic E-state index is 0.121. The molecule has 1 N–H and O–H groups in total. The maximum Gasteiger partial charge on any atom is 0.282 e. The van der Waals surface area contributed by atoms with Crippen molar-refractivity contribution in [2.24, 2.45) is 0 Å². The highest BCUT2D eigenvalue weighted by atomic mass is 32.2. The van der Waals surface area contributed by atoms with E-state index in [2.05, 4.69) is 15.4 Å². The minimum atomic E-state index is -0.232. The molecule has 0 fully saturated rings. The van der Waals surface area contributed by atoms with Crippen LogP contribution in [-0.2, 0) is 17.9 Å². The van der Waals surface area contributed by atoms with Gasteiger partial charge < -0.3 is 10.1 Å². The Morgan fingerprint density at radius 2 is 1.85 bits per heavy atom. The monoisotopic (exact) mass is 463 g/mol. The molecule has 0 unspecified atom stereocenters. The molecule has 2 aromatic heterocycles. The molecule has 2 aromatic carbocycles. The van der Waals surface area contributed by atoms with Crippen molar-refractivity contribution >= 4 is 34.4 Å². The van der Waals surface area contributed by atoms with Crippen LogP contribution in [0.15, 0.2) is 64.7 Å². The summed E-state index contributed by atoms with van der Waals surface area (Å²) in [6.45, 7) is 4.89. The number of anilines is 1. The number of methoxy groups -OCH3 is 1. The summed E-state index contributed by atoms with van der Waals surface area (Å²) in [4.78, 5) is 30.5. The normalized spacial score (nSPS) is 11.0. The van der Waals surface area contributed by atoms with E-state index in [1.54, 1.807) is 22.6 Å². The Bertz CT molecular complexity index is 1330. The van der Waals surface area contributed by atoms with Crippen LogP contribution < -0.4 is 15.6 Å². The zero-order chi connectivity index (χ0) is 23.4. The van der Waals surface area contributed by atoms with Crippen LogP contribution in [0.5, 0.6) is 5.75 Å². The lowest BCUT2D eigenvalue weighted by atomic mass is 10.2. The first kappa shape index (κ1) is 22.6. The lowest BCUT2D eigenvalue weighted by molar-refractivity contribution is -0.113. The molecule has 4 rings (SSSR count). The van der Waals surface area contributed by atoms with E-state index in [-0.39, 0.29) is 17.2 Å². The van der Waals surface area contributed by atoms with Crippen LogP contribution in [0.25, 0.3) is 11.0 Å². The van der Waals surface area contributed by atoms with Gasteiger partial charge in [0.15, 0.2) is 10.7 Å². The van der Waals surface area contributed by atoms with E-state index in [1.165, 1.54) is 11.8 Å². The van der Waals surface area contributed by atoms with E-state index in [1.807, 2.05) is 62.4 Å². The second-order valence-corrected chi connectivity index (χ2v) is 8.50. The smallest absolute Gasteiger partial charge is 0.282 e. The first-order chi connectivity index (χ1) is 16.0. The average Bonchev–Trinajstić information content (AvgIpc) is 3.25. The first-order valence-electron chi connectivity index (χ1n) is 10.6. The highest BCUT2D eigenvalue weighted by Crippen LogP contribution is 2.20. The van der Waals surface area contributed by atoms with Crippen molar-refractivity contribution in [3.8, 4) is 5.75 Å². The Hall–Kier alpha value is -3.59. The standard InChI is InChI=1S/C24H25N5O3S/c1-4-28-14-20-22(27-28)23(31)29(13-17-7-11-19(32-3)12-8-17)24(26-20)33-15-21(30)25-18-9-5-16(2)6-10-18/h5-12,14H,4,13,15H2,1-3H3,(H,25,30). The molecule has 33 heavy (non-hydrogen) atoms. The fourth-order valence-corrected chi connectivity index (χ4v) is 4.11. The Kier molecular flexibility index (Phi) is 6.79. The summed E-state index contributed by atoms with van der Waals surface area (Å²) in [5, 5.41) is 7.72. The maximum absolute atomic E-state index is 13.3. The quantitative estimate of drug-likeness (QED) is 0.316. The zero-order valence-corrected chi connectivity index (χ0v) is 19.6. The van der Waals surface area contributed by atoms with Gasteiger partial charge in [0.2, 0.25) is 5.91 Å². The largest absolute Gasteiger partial charge is 0.497 e. The summed E-state index contributed by atoms with van der Waals surface area (Å²) in [7, 11) is 1.61. The van der Waals surface area contributed by atoms with Crippen LogP contribution in [0, 0.1) is 6.92 Å². The summed E-state index contributed by atoms with van der Waals surface area (Å²) in [5.41, 5.74) is 3.38. The number of hydrogen-bond donors (Lipinski definition) is 1. The van der Waals surface area contributed by atoms with Gasteiger partial charge in [-0.1, -0.05) is 41.6 Å². The van der Waals surface area contributed by atoms with Crippen molar-refractivity contribution in [2.75, 3.05) is 18.2 Å². The van der Waals surface area contributed by atoms with Gasteiger partial charge in [0.1, 0.15) is 11.3 Å². The summed E-state index contributed by atoms with van der Waals surface area (Å²) in [6, 6.07) is 15.1. The molecule has 2 heterocycles. The predicted octanol–water partition coefficient (Wildman–Crippen LogP) is 3.71. The van der Waals surface area contributed by atoms with Gasteiger partial charge in [-0.3, -0.25) is 18.8 Å². The van der Waals surface area contributed by atoms with Gasteiger partial charge in [0, 0.05) is 12.2 Å². The molecule has 170 valence electrons. The molecular formula is C24H25N5O3S. The number of aryl methyl sites for hydroxylation is 2. The summed E-state index contributed by atoms with van der Waals surface area (Å²) in [6.07, 6.45) is 1.75. The SMILES string of the molecule is CCn1cc2nc(SCC(=O)Nc3ccc(C)cc3)n(Cc3ccc(OC)cc3)c(=O)c2n1. The van der Waals surface area contributed by atoms with Crippen LogP contribution in [0.3, 0.4) is 0 Å². The topological polar surface area (TPSA) is 91.0 Å². The number of nitrogens with zero attached hydrogens (tertiary/aromatic N) is 4. The van der Waals surface area contributed by atoms with Crippen molar-refractivity contribution in [3.05, 3.63) is 76.2 Å². The second kappa shape index (κ2) is 9.91. The molecule has 0 atom stereocenters. The van der Waals surface area contributed by atoms with Crippen molar-refractivity contribution in [1.82, 2.24) is 19.3 Å². The molecule has 0 bridgehead atoms. The highest BCUT2D eigenvalue weighted by molar-refractivity contribution is 7.99. The fraction of sp³-hybridized carbons (Fsp3) is 0.250. The van der Waals surface area contributed by atoms with E-state index in [0.29, 0.717) is 29.3 Å². The number of fused-ring (bicyclic) bond motifs is 1. The van der Waals surface area contributed by atoms with Gasteiger partial charge in [-0.25, -0.2) is 4.98 Å². The predicted molar refractivity (Wildman–Crippen MR) is 130 cm³/mol. The lowest BCUT2D eigenvalue weighted by Crippen LogP contribution is -2.25. The molecule has 0 saturated carbocycles. The summed E-state index contributed by atoms with van der Waals surface area (Å²) in [5.74, 6) is 0.693. The molecule has 9 heteroatoms. The third kappa shape index (κ3) is 5.25. The Morgan fingerprint density at radius 1 is 1.12 bits per heavy atom. The van der Waals surface area contributed by atoms with Crippen molar-refractivity contribution in [2.45, 2.75) is 32.1 Å². The van der Waals surface area contributed by atoms with Gasteiger partial charge in [-0.05, 0) is 43.7 Å². The third-order valence-corrected chi connectivity index (χ3v) is 6.10. The third-order valence-electron chi connectivity index (χ3n) is 5.13. The maximum atomic E-state index is 13.3. The Balaban J connectivity index is 1.61. The van der Waals surface area contributed by atoms with Gasteiger partial charge >= 0.3 is 0 Å². The number of aromatic nitrogens is 4. The number of ether oxygens (including phenoxy) is 1. The molecule has 0 aliphatic heterocycles. The number of hydrogen-bond acceptors (Lipinski definition) is 6. The van der Waals surface area contributed by atoms with Crippen LogP contribution in [0.4, 0.5) is 5.69 Å². The van der Waals surface area contributed by atoms with Crippen molar-refractivity contribution in [3.63, 3.8) is 0 Å². The van der Waals surface area contributed by atoms with Gasteiger partial charge in [0.25, 0.3) is 5.56 Å². The number of benzene rings is 2. The highest BCUT2D eigenvalue weighted by Gasteiger charge is 2.16. The zero-order valence-electron chi connectivity index (χ0n) is 18.7. The lowest BCUT2D eigenvalue weighted by Gasteiger charge is -2.12. The molecule has 0 aliphatic rings. The van der Waals surface area contributed by atoms with Gasteiger partial charge in [-0.2, -0.15) is 5.10 Å². The van der Waals surface area contributed by atoms with E-state index in [4.69, 9.17) is 4.74 Å². The van der Waals surface area contributed by atoms with Crippen molar-refractivity contribution < 1.29 is 9.53 Å². The first-order valence-corrected chi connectivity index (χ1v) is 11.6. The number of carbonyl (C=O) groups is 1. The number of thioether (sulfide) groups is 1. The van der Waals surface area contributed by atoms with Gasteiger partial charge in [0.05, 0.1) is 25.6 Å². The minimum Gasteiger partial charge on any atom is -0.497 e. The van der Waals surface area contributed by atoms with Crippen LogP contribution in [0.1, 0.15) is 18.1 Å². The number of nitrogens with one attached hydrogen (secondary N) is 1. The Labute approximate surface area is 195 Å². The molecule has 0 radical (unpaired) electrons. The van der Waals surface area contributed by atoms with Crippen molar-refractivity contribution in [1.29, 1.82) is 0 Å². The summed E-state index contributed by atoms with van der Waals surface area (Å²) < 4.78 is 8.48. The molecule has 4 aromatic rings. The molecule has 8 nitrogen and oxygen atoms in total. The number of carbonyl (C=O) groups excluding carboxylic acids is 1. The number of rotatable bonds is 8. The Morgan fingerprint density at radius 3 is 2.52 bits per heavy atom. The molecule has 0 spiro atoms. The van der Waals surface area contributed by atoms with Crippen LogP contribution in [0.2, 0.25) is 0 Å². The molecule has 0 saturated heterocycles.